The SMILES string of the molecule is CSCC[C@H](N)C(=O)N[C@@H](CO)C(=O)N[C@H](C(=O)N[C@@H](CS)C(=O)O)[C@@H](C)O. The number of thioether (sulfide) groups is 1. The number of aliphatic hydroxyl groups is 2. The summed E-state index contributed by atoms with van der Waals surface area (Å²) >= 11 is 5.30. The number of thiol groups is 1. The maximum Gasteiger partial charge on any atom is 0.327 e. The van der Waals surface area contributed by atoms with Crippen molar-refractivity contribution in [1.82, 2.24) is 16.0 Å². The molecule has 0 unspecified atom stereocenters. The lowest BCUT2D eigenvalue weighted by molar-refractivity contribution is -0.142. The van der Waals surface area contributed by atoms with Crippen molar-refractivity contribution in [2.24, 2.45) is 5.73 Å². The molecule has 28 heavy (non-hydrogen) atoms. The van der Waals surface area contributed by atoms with Gasteiger partial charge < -0.3 is 37.0 Å². The zero-order chi connectivity index (χ0) is 21.9. The molecule has 0 aliphatic carbocycles. The first-order valence-corrected chi connectivity index (χ1v) is 10.4. The number of carboxylic acids is 1. The lowest BCUT2D eigenvalue weighted by Crippen LogP contribution is -2.60. The van der Waals surface area contributed by atoms with Crippen LogP contribution in [0.1, 0.15) is 13.3 Å². The van der Waals surface area contributed by atoms with Crippen LogP contribution < -0.4 is 21.7 Å². The molecule has 0 aliphatic heterocycles. The number of hydrogen-bond acceptors (Lipinski definition) is 9. The Morgan fingerprint density at radius 3 is 2.07 bits per heavy atom. The molecule has 13 heteroatoms. The average Bonchev–Trinajstić information content (AvgIpc) is 2.64. The number of hydrogen-bond donors (Lipinski definition) is 8. The van der Waals surface area contributed by atoms with E-state index in [1.165, 1.54) is 18.7 Å². The molecule has 11 nitrogen and oxygen atoms in total. The topological polar surface area (TPSA) is 191 Å². The van der Waals surface area contributed by atoms with Crippen LogP contribution in [0.5, 0.6) is 0 Å². The molecule has 3 amide bonds. The molecule has 5 atom stereocenters. The highest BCUT2D eigenvalue weighted by Crippen LogP contribution is 2.01. The van der Waals surface area contributed by atoms with Gasteiger partial charge in [0.1, 0.15) is 18.1 Å². The number of rotatable bonds is 13. The lowest BCUT2D eigenvalue weighted by atomic mass is 10.1. The van der Waals surface area contributed by atoms with Crippen LogP contribution in [0.4, 0.5) is 0 Å². The van der Waals surface area contributed by atoms with Crippen LogP contribution in [-0.4, -0.2) is 93.7 Å². The second kappa shape index (κ2) is 13.6. The predicted molar refractivity (Wildman–Crippen MR) is 107 cm³/mol. The van der Waals surface area contributed by atoms with E-state index < -0.39 is 60.6 Å². The highest BCUT2D eigenvalue weighted by atomic mass is 32.2. The number of nitrogens with two attached hydrogens (primary N) is 1. The van der Waals surface area contributed by atoms with Gasteiger partial charge in [0, 0.05) is 5.75 Å². The fourth-order valence-corrected chi connectivity index (χ4v) is 2.69. The Morgan fingerprint density at radius 2 is 1.64 bits per heavy atom. The Labute approximate surface area is 172 Å². The van der Waals surface area contributed by atoms with Crippen molar-refractivity contribution in [2.45, 2.75) is 43.6 Å². The molecule has 0 aliphatic rings. The summed E-state index contributed by atoms with van der Waals surface area (Å²) in [5.74, 6) is -3.45. The minimum absolute atomic E-state index is 0.204. The normalized spacial score (nSPS) is 16.2. The molecule has 0 heterocycles. The molecule has 0 rings (SSSR count). The highest BCUT2D eigenvalue weighted by Gasteiger charge is 2.32. The van der Waals surface area contributed by atoms with Crippen molar-refractivity contribution in [3.05, 3.63) is 0 Å². The summed E-state index contributed by atoms with van der Waals surface area (Å²) in [6, 6.07) is -5.11. The van der Waals surface area contributed by atoms with Crippen molar-refractivity contribution in [2.75, 3.05) is 24.4 Å². The summed E-state index contributed by atoms with van der Waals surface area (Å²) < 4.78 is 0. The van der Waals surface area contributed by atoms with Crippen molar-refractivity contribution in [1.29, 1.82) is 0 Å². The van der Waals surface area contributed by atoms with Gasteiger partial charge in [0.15, 0.2) is 0 Å². The third kappa shape index (κ3) is 9.10. The summed E-state index contributed by atoms with van der Waals surface area (Å²) in [5.41, 5.74) is 5.70. The molecule has 0 saturated heterocycles. The minimum Gasteiger partial charge on any atom is -0.480 e. The van der Waals surface area contributed by atoms with Crippen LogP contribution in [-0.2, 0) is 19.2 Å². The average molecular weight is 441 g/mol. The van der Waals surface area contributed by atoms with Crippen molar-refractivity contribution in [3.63, 3.8) is 0 Å². The van der Waals surface area contributed by atoms with Crippen LogP contribution in [0.2, 0.25) is 0 Å². The van der Waals surface area contributed by atoms with E-state index >= 15 is 0 Å². The molecule has 0 radical (unpaired) electrons. The van der Waals surface area contributed by atoms with Gasteiger partial charge in [-0.15, -0.1) is 0 Å². The molecule has 0 bridgehead atoms. The maximum absolute atomic E-state index is 12.3. The number of carbonyl (C=O) groups is 4. The molecule has 0 aromatic rings. The largest absolute Gasteiger partial charge is 0.480 e. The van der Waals surface area contributed by atoms with Gasteiger partial charge in [0.05, 0.1) is 18.8 Å². The molecular formula is C15H28N4O7S2. The first-order chi connectivity index (χ1) is 13.1. The molecule has 8 N–H and O–H groups in total. The molecule has 0 spiro atoms. The third-order valence-electron chi connectivity index (χ3n) is 3.65. The van der Waals surface area contributed by atoms with Crippen LogP contribution in [0.15, 0.2) is 0 Å². The maximum atomic E-state index is 12.3. The van der Waals surface area contributed by atoms with Crippen LogP contribution >= 0.6 is 24.4 Å². The fraction of sp³-hybridized carbons (Fsp3) is 0.733. The lowest BCUT2D eigenvalue weighted by Gasteiger charge is -2.25. The summed E-state index contributed by atoms with van der Waals surface area (Å²) in [5, 5.41) is 34.7. The van der Waals surface area contributed by atoms with Gasteiger partial charge in [-0.05, 0) is 25.4 Å². The summed E-state index contributed by atoms with van der Waals surface area (Å²) in [6.45, 7) is 0.446. The fourth-order valence-electron chi connectivity index (χ4n) is 1.95. The van der Waals surface area contributed by atoms with Crippen molar-refractivity contribution in [3.8, 4) is 0 Å². The number of carboxylic acid groups (broad SMARTS) is 1. The van der Waals surface area contributed by atoms with E-state index in [-0.39, 0.29) is 5.75 Å². The van der Waals surface area contributed by atoms with Gasteiger partial charge >= 0.3 is 5.97 Å². The van der Waals surface area contributed by atoms with E-state index in [0.717, 1.165) is 0 Å². The van der Waals surface area contributed by atoms with E-state index in [0.29, 0.717) is 12.2 Å². The Kier molecular flexibility index (Phi) is 12.9. The van der Waals surface area contributed by atoms with E-state index in [9.17, 15) is 29.4 Å². The molecule has 0 fully saturated rings. The Bertz CT molecular complexity index is 550. The van der Waals surface area contributed by atoms with E-state index in [2.05, 4.69) is 28.6 Å². The zero-order valence-corrected chi connectivity index (χ0v) is 17.3. The second-order valence-corrected chi connectivity index (χ2v) is 7.29. The molecule has 0 aromatic carbocycles. The standard InChI is InChI=1S/C15H28N4O7S2/c1-7(21)11(14(24)18-10(6-27)15(25)26)19-13(23)9(5-20)17-12(22)8(16)3-4-28-2/h7-11,20-21,27H,3-6,16H2,1-2H3,(H,17,22)(H,18,24)(H,19,23)(H,25,26)/t7-,8+,9+,10+,11+/m1/s1. The van der Waals surface area contributed by atoms with E-state index in [1.807, 2.05) is 6.26 Å². The van der Waals surface area contributed by atoms with Gasteiger partial charge in [-0.2, -0.15) is 24.4 Å². The molecule has 162 valence electrons. The van der Waals surface area contributed by atoms with Gasteiger partial charge in [-0.3, -0.25) is 14.4 Å². The van der Waals surface area contributed by atoms with Crippen LogP contribution in [0.3, 0.4) is 0 Å². The zero-order valence-electron chi connectivity index (χ0n) is 15.6. The van der Waals surface area contributed by atoms with Crippen LogP contribution in [0.25, 0.3) is 0 Å². The van der Waals surface area contributed by atoms with E-state index in [4.69, 9.17) is 10.8 Å². The Morgan fingerprint density at radius 1 is 1.07 bits per heavy atom. The number of carbonyl (C=O) groups excluding carboxylic acids is 3. The number of nitrogens with one attached hydrogen (secondary N) is 3. The van der Waals surface area contributed by atoms with Crippen molar-refractivity contribution >= 4 is 48.1 Å². The monoisotopic (exact) mass is 440 g/mol. The third-order valence-corrected chi connectivity index (χ3v) is 4.65. The number of aliphatic carboxylic acids is 1. The first-order valence-electron chi connectivity index (χ1n) is 8.37. The predicted octanol–water partition coefficient (Wildman–Crippen LogP) is -3.09. The Hall–Kier alpha value is -1.54. The van der Waals surface area contributed by atoms with Gasteiger partial charge in [-0.25, -0.2) is 4.79 Å². The molecule has 0 saturated carbocycles. The minimum atomic E-state index is -1.51. The number of aliphatic hydroxyl groups excluding tert-OH is 2. The summed E-state index contributed by atoms with van der Waals surface area (Å²) in [4.78, 5) is 47.5. The van der Waals surface area contributed by atoms with E-state index in [1.54, 1.807) is 0 Å². The van der Waals surface area contributed by atoms with Crippen LogP contribution in [0, 0.1) is 0 Å². The molecular weight excluding hydrogens is 412 g/mol. The number of amides is 3. The second-order valence-electron chi connectivity index (χ2n) is 5.94. The van der Waals surface area contributed by atoms with Crippen molar-refractivity contribution < 1.29 is 34.5 Å². The summed E-state index contributed by atoms with van der Waals surface area (Å²) in [6.07, 6.45) is 0.835. The quantitative estimate of drug-likeness (QED) is 0.137. The smallest absolute Gasteiger partial charge is 0.327 e. The van der Waals surface area contributed by atoms with Gasteiger partial charge in [0.2, 0.25) is 17.7 Å². The summed E-state index contributed by atoms with van der Waals surface area (Å²) in [7, 11) is 0. The Balaban J connectivity index is 5.02. The van der Waals surface area contributed by atoms with Gasteiger partial charge in [0.25, 0.3) is 0 Å². The molecule has 0 aromatic heterocycles. The first kappa shape index (κ1) is 26.5. The highest BCUT2D eigenvalue weighted by molar-refractivity contribution is 7.98. The van der Waals surface area contributed by atoms with Gasteiger partial charge in [-0.1, -0.05) is 0 Å².